The number of para-hydroxylation sites is 1. The first-order chi connectivity index (χ1) is 12.0. The van der Waals surface area contributed by atoms with Crippen LogP contribution in [0.1, 0.15) is 31.9 Å². The van der Waals surface area contributed by atoms with E-state index in [1.807, 2.05) is 50.2 Å². The smallest absolute Gasteiger partial charge is 0.265 e. The van der Waals surface area contributed by atoms with Crippen molar-refractivity contribution in [1.29, 1.82) is 0 Å². The lowest BCUT2D eigenvalue weighted by atomic mass is 10.1. The molecule has 0 fully saturated rings. The lowest BCUT2D eigenvalue weighted by Gasteiger charge is -2.22. The van der Waals surface area contributed by atoms with Crippen LogP contribution in [0.5, 0.6) is 5.75 Å². The number of benzene rings is 2. The van der Waals surface area contributed by atoms with Crippen LogP contribution in [-0.2, 0) is 4.79 Å². The van der Waals surface area contributed by atoms with Crippen LogP contribution in [-0.4, -0.2) is 25.1 Å². The van der Waals surface area contributed by atoms with Crippen LogP contribution in [0.4, 0.5) is 11.4 Å². The third-order valence-electron chi connectivity index (χ3n) is 4.36. The summed E-state index contributed by atoms with van der Waals surface area (Å²) in [4.78, 5) is 14.7. The Morgan fingerprint density at radius 1 is 1.08 bits per heavy atom. The van der Waals surface area contributed by atoms with Crippen LogP contribution in [0.25, 0.3) is 0 Å². The number of hydrogen-bond donors (Lipinski definition) is 1. The van der Waals surface area contributed by atoms with Crippen molar-refractivity contribution in [3.05, 3.63) is 53.6 Å². The van der Waals surface area contributed by atoms with Gasteiger partial charge < -0.3 is 15.0 Å². The summed E-state index contributed by atoms with van der Waals surface area (Å²) in [7, 11) is 0. The summed E-state index contributed by atoms with van der Waals surface area (Å²) in [6, 6.07) is 13.8. The maximum Gasteiger partial charge on any atom is 0.265 e. The van der Waals surface area contributed by atoms with Crippen molar-refractivity contribution in [2.24, 2.45) is 0 Å². The van der Waals surface area contributed by atoms with Crippen LogP contribution in [0, 0.1) is 13.8 Å². The van der Waals surface area contributed by atoms with Gasteiger partial charge in [0.2, 0.25) is 0 Å². The fourth-order valence-electron chi connectivity index (χ4n) is 2.74. The van der Waals surface area contributed by atoms with E-state index in [1.165, 1.54) is 5.69 Å². The molecule has 0 heterocycles. The number of carbonyl (C=O) groups is 1. The van der Waals surface area contributed by atoms with E-state index < -0.39 is 6.10 Å². The van der Waals surface area contributed by atoms with E-state index in [9.17, 15) is 4.79 Å². The van der Waals surface area contributed by atoms with Crippen molar-refractivity contribution in [3.63, 3.8) is 0 Å². The van der Waals surface area contributed by atoms with Crippen LogP contribution in [0.15, 0.2) is 42.5 Å². The van der Waals surface area contributed by atoms with Gasteiger partial charge in [0.25, 0.3) is 5.91 Å². The van der Waals surface area contributed by atoms with Crippen LogP contribution < -0.4 is 15.0 Å². The minimum absolute atomic E-state index is 0.151. The Morgan fingerprint density at radius 3 is 2.36 bits per heavy atom. The highest BCUT2D eigenvalue weighted by atomic mass is 16.5. The number of ether oxygens (including phenoxy) is 1. The topological polar surface area (TPSA) is 41.6 Å². The third kappa shape index (κ3) is 4.75. The summed E-state index contributed by atoms with van der Waals surface area (Å²) in [5.41, 5.74) is 4.05. The molecular formula is C21H28N2O2. The average molecular weight is 340 g/mol. The maximum atomic E-state index is 12.5. The molecule has 0 bridgehead atoms. The van der Waals surface area contributed by atoms with Gasteiger partial charge in [-0.15, -0.1) is 0 Å². The average Bonchev–Trinajstić information content (AvgIpc) is 2.60. The van der Waals surface area contributed by atoms with Gasteiger partial charge in [-0.1, -0.05) is 18.2 Å². The van der Waals surface area contributed by atoms with Crippen LogP contribution >= 0.6 is 0 Å². The summed E-state index contributed by atoms with van der Waals surface area (Å²) in [5.74, 6) is 0.584. The van der Waals surface area contributed by atoms with E-state index in [1.54, 1.807) is 6.92 Å². The van der Waals surface area contributed by atoms with E-state index in [0.717, 1.165) is 35.7 Å². The van der Waals surface area contributed by atoms with Crippen molar-refractivity contribution >= 4 is 17.3 Å². The zero-order chi connectivity index (χ0) is 18.4. The molecule has 0 spiro atoms. The number of nitrogens with one attached hydrogen (secondary N) is 1. The molecule has 0 aliphatic carbocycles. The number of nitrogens with zero attached hydrogens (tertiary/aromatic N) is 1. The SMILES string of the molecule is CCN(CC)c1ccc(NC(=O)C(C)Oc2ccccc2C)c(C)c1. The number of hydrogen-bond acceptors (Lipinski definition) is 3. The second-order valence-corrected chi connectivity index (χ2v) is 6.19. The Kier molecular flexibility index (Phi) is 6.45. The van der Waals surface area contributed by atoms with Crippen molar-refractivity contribution in [2.75, 3.05) is 23.3 Å². The Hall–Kier alpha value is -2.49. The molecule has 1 atom stereocenters. The fourth-order valence-corrected chi connectivity index (χ4v) is 2.74. The minimum Gasteiger partial charge on any atom is -0.481 e. The lowest BCUT2D eigenvalue weighted by molar-refractivity contribution is -0.122. The Balaban J connectivity index is 2.06. The molecule has 134 valence electrons. The second-order valence-electron chi connectivity index (χ2n) is 6.19. The zero-order valence-corrected chi connectivity index (χ0v) is 15.8. The molecule has 4 nitrogen and oxygen atoms in total. The first kappa shape index (κ1) is 18.8. The number of rotatable bonds is 7. The quantitative estimate of drug-likeness (QED) is 0.803. The molecule has 2 aromatic rings. The molecule has 0 saturated heterocycles. The molecule has 2 aromatic carbocycles. The molecule has 1 amide bonds. The molecule has 4 heteroatoms. The number of amides is 1. The summed E-state index contributed by atoms with van der Waals surface area (Å²) in [5, 5.41) is 2.97. The summed E-state index contributed by atoms with van der Waals surface area (Å²) in [6.07, 6.45) is -0.567. The molecule has 1 unspecified atom stereocenters. The summed E-state index contributed by atoms with van der Waals surface area (Å²) in [6.45, 7) is 11.9. The predicted molar refractivity (Wildman–Crippen MR) is 105 cm³/mol. The van der Waals surface area contributed by atoms with Gasteiger partial charge in [0, 0.05) is 24.5 Å². The second kappa shape index (κ2) is 8.56. The number of aryl methyl sites for hydroxylation is 2. The normalized spacial score (nSPS) is 11.7. The minimum atomic E-state index is -0.567. The standard InChI is InChI=1S/C21H28N2O2/c1-6-23(7-2)18-12-13-19(16(4)14-18)22-21(24)17(5)25-20-11-9-8-10-15(20)3/h8-14,17H,6-7H2,1-5H3,(H,22,24). The Morgan fingerprint density at radius 2 is 1.76 bits per heavy atom. The highest BCUT2D eigenvalue weighted by Gasteiger charge is 2.17. The highest BCUT2D eigenvalue weighted by Crippen LogP contribution is 2.23. The predicted octanol–water partition coefficient (Wildman–Crippen LogP) is 4.56. The van der Waals surface area contributed by atoms with E-state index in [2.05, 4.69) is 30.1 Å². The number of anilines is 2. The third-order valence-corrected chi connectivity index (χ3v) is 4.36. The van der Waals surface area contributed by atoms with Crippen molar-refractivity contribution in [3.8, 4) is 5.75 Å². The van der Waals surface area contributed by atoms with Crippen molar-refractivity contribution in [1.82, 2.24) is 0 Å². The van der Waals surface area contributed by atoms with Gasteiger partial charge in [-0.3, -0.25) is 4.79 Å². The summed E-state index contributed by atoms with van der Waals surface area (Å²) < 4.78 is 5.80. The van der Waals surface area contributed by atoms with E-state index in [-0.39, 0.29) is 5.91 Å². The number of carbonyl (C=O) groups excluding carboxylic acids is 1. The lowest BCUT2D eigenvalue weighted by Crippen LogP contribution is -2.30. The van der Waals surface area contributed by atoms with Gasteiger partial charge in [0.15, 0.2) is 6.10 Å². The van der Waals surface area contributed by atoms with Gasteiger partial charge in [-0.2, -0.15) is 0 Å². The van der Waals surface area contributed by atoms with Gasteiger partial charge >= 0.3 is 0 Å². The Bertz CT molecular complexity index is 724. The van der Waals surface area contributed by atoms with Gasteiger partial charge in [-0.05, 0) is 70.0 Å². The first-order valence-corrected chi connectivity index (χ1v) is 8.85. The van der Waals surface area contributed by atoms with Crippen molar-refractivity contribution < 1.29 is 9.53 Å². The molecule has 0 radical (unpaired) electrons. The molecule has 0 saturated carbocycles. The Labute approximate surface area is 150 Å². The van der Waals surface area contributed by atoms with E-state index in [0.29, 0.717) is 0 Å². The molecule has 0 aromatic heterocycles. The van der Waals surface area contributed by atoms with Crippen LogP contribution in [0.3, 0.4) is 0 Å². The molecule has 0 aliphatic rings. The van der Waals surface area contributed by atoms with Gasteiger partial charge in [0.1, 0.15) is 5.75 Å². The van der Waals surface area contributed by atoms with Gasteiger partial charge in [0.05, 0.1) is 0 Å². The molecular weight excluding hydrogens is 312 g/mol. The highest BCUT2D eigenvalue weighted by molar-refractivity contribution is 5.95. The van der Waals surface area contributed by atoms with Crippen LogP contribution in [0.2, 0.25) is 0 Å². The molecule has 25 heavy (non-hydrogen) atoms. The fraction of sp³-hybridized carbons (Fsp3) is 0.381. The van der Waals surface area contributed by atoms with E-state index in [4.69, 9.17) is 4.74 Å². The largest absolute Gasteiger partial charge is 0.481 e. The molecule has 1 N–H and O–H groups in total. The zero-order valence-electron chi connectivity index (χ0n) is 15.8. The first-order valence-electron chi connectivity index (χ1n) is 8.85. The van der Waals surface area contributed by atoms with Crippen molar-refractivity contribution in [2.45, 2.75) is 40.7 Å². The molecule has 2 rings (SSSR count). The van der Waals surface area contributed by atoms with Gasteiger partial charge in [-0.25, -0.2) is 0 Å². The maximum absolute atomic E-state index is 12.5. The van der Waals surface area contributed by atoms with E-state index >= 15 is 0 Å². The molecule has 0 aliphatic heterocycles. The monoisotopic (exact) mass is 340 g/mol. The summed E-state index contributed by atoms with van der Waals surface area (Å²) >= 11 is 0.